The smallest absolute Gasteiger partial charge is 0.280 e. The highest BCUT2D eigenvalue weighted by Gasteiger charge is 2.64. The number of nitrogens with zero attached hydrogens (tertiary/aromatic N) is 5. The summed E-state index contributed by atoms with van der Waals surface area (Å²) in [6, 6.07) is 13.7. The van der Waals surface area contributed by atoms with E-state index in [0.29, 0.717) is 55.6 Å². The van der Waals surface area contributed by atoms with E-state index in [1.54, 1.807) is 55.8 Å². The number of halogens is 2. The molecule has 9 nitrogen and oxygen atoms in total. The van der Waals surface area contributed by atoms with Crippen molar-refractivity contribution in [3.63, 3.8) is 0 Å². The lowest BCUT2D eigenvalue weighted by atomic mass is 9.87. The molecule has 204 valence electrons. The van der Waals surface area contributed by atoms with E-state index in [2.05, 4.69) is 10.3 Å². The van der Waals surface area contributed by atoms with Gasteiger partial charge in [-0.25, -0.2) is 9.97 Å². The van der Waals surface area contributed by atoms with Gasteiger partial charge in [-0.3, -0.25) is 14.5 Å². The molecule has 1 unspecified atom stereocenters. The van der Waals surface area contributed by atoms with Crippen LogP contribution in [-0.2, 0) is 10.3 Å². The normalized spacial score (nSPS) is 17.4. The quantitative estimate of drug-likeness (QED) is 0.324. The molecule has 2 aliphatic rings. The lowest BCUT2D eigenvalue weighted by molar-refractivity contribution is -0.119. The summed E-state index contributed by atoms with van der Waals surface area (Å²) in [6.07, 6.45) is 1.68. The number of nitrogens with one attached hydrogen (secondary N) is 1. The van der Waals surface area contributed by atoms with E-state index in [4.69, 9.17) is 32.9 Å². The summed E-state index contributed by atoms with van der Waals surface area (Å²) in [5, 5.41) is 3.87. The fourth-order valence-corrected chi connectivity index (χ4v) is 6.00. The van der Waals surface area contributed by atoms with Crippen LogP contribution < -0.4 is 19.9 Å². The Morgan fingerprint density at radius 1 is 1.05 bits per heavy atom. The third kappa shape index (κ3) is 3.54. The number of ether oxygens (including phenoxy) is 1. The number of carbonyl (C=O) groups excluding carboxylic acids is 2. The average Bonchev–Trinajstić information content (AvgIpc) is 3.52. The maximum atomic E-state index is 14.4. The molecule has 0 bridgehead atoms. The van der Waals surface area contributed by atoms with Gasteiger partial charge in [0.2, 0.25) is 0 Å². The van der Waals surface area contributed by atoms with E-state index in [0.717, 1.165) is 0 Å². The molecule has 11 heteroatoms. The predicted octanol–water partition coefficient (Wildman–Crippen LogP) is 5.76. The van der Waals surface area contributed by atoms with Gasteiger partial charge in [0.15, 0.2) is 11.2 Å². The Hall–Kier alpha value is -4.08. The van der Waals surface area contributed by atoms with Crippen molar-refractivity contribution in [3.05, 3.63) is 81.7 Å². The summed E-state index contributed by atoms with van der Waals surface area (Å²) in [6.45, 7) is 3.96. The fraction of sp³-hybridized carbons (Fsp3) is 0.241. The molecule has 0 radical (unpaired) electrons. The molecule has 0 aliphatic carbocycles. The van der Waals surface area contributed by atoms with Crippen molar-refractivity contribution in [2.24, 2.45) is 0 Å². The SMILES string of the molecule is COc1cc(N(C)C)ncc1-c1nc2c(n1C(C)C)C1(C(=O)Nc3cc(Cl)ccc31)N(c1cccc(Cl)c1)C2=O. The van der Waals surface area contributed by atoms with Gasteiger partial charge in [-0.15, -0.1) is 0 Å². The Bertz CT molecular complexity index is 1720. The monoisotopic (exact) mass is 576 g/mol. The van der Waals surface area contributed by atoms with Crippen molar-refractivity contribution in [2.45, 2.75) is 25.4 Å². The molecule has 2 aromatic carbocycles. The predicted molar refractivity (Wildman–Crippen MR) is 156 cm³/mol. The Morgan fingerprint density at radius 2 is 1.80 bits per heavy atom. The number of methoxy groups -OCH3 is 1. The van der Waals surface area contributed by atoms with Gasteiger partial charge in [-0.05, 0) is 44.2 Å². The molecule has 1 N–H and O–H groups in total. The fourth-order valence-electron chi connectivity index (χ4n) is 5.65. The first-order valence-corrected chi connectivity index (χ1v) is 13.4. The zero-order valence-electron chi connectivity index (χ0n) is 22.5. The average molecular weight is 577 g/mol. The highest BCUT2D eigenvalue weighted by atomic mass is 35.5. The molecule has 4 aromatic rings. The molecule has 0 saturated heterocycles. The maximum absolute atomic E-state index is 14.4. The molecule has 0 saturated carbocycles. The van der Waals surface area contributed by atoms with Crippen LogP contribution in [0.2, 0.25) is 10.0 Å². The van der Waals surface area contributed by atoms with Gasteiger partial charge in [0.05, 0.1) is 18.4 Å². The van der Waals surface area contributed by atoms with Gasteiger partial charge in [-0.2, -0.15) is 0 Å². The minimum absolute atomic E-state index is 0.167. The third-order valence-electron chi connectivity index (χ3n) is 7.30. The molecule has 2 aliphatic heterocycles. The topological polar surface area (TPSA) is 92.6 Å². The molecule has 1 spiro atoms. The lowest BCUT2D eigenvalue weighted by Gasteiger charge is -2.35. The van der Waals surface area contributed by atoms with Crippen LogP contribution in [0.15, 0.2) is 54.7 Å². The first-order valence-electron chi connectivity index (χ1n) is 12.7. The van der Waals surface area contributed by atoms with Crippen molar-refractivity contribution < 1.29 is 14.3 Å². The maximum Gasteiger partial charge on any atom is 0.280 e. The van der Waals surface area contributed by atoms with E-state index in [1.807, 2.05) is 43.5 Å². The van der Waals surface area contributed by atoms with E-state index in [9.17, 15) is 9.59 Å². The number of imidazole rings is 1. The van der Waals surface area contributed by atoms with Gasteiger partial charge in [0.1, 0.15) is 17.4 Å². The minimum Gasteiger partial charge on any atom is -0.496 e. The Balaban J connectivity index is 1.70. The van der Waals surface area contributed by atoms with E-state index in [1.165, 1.54) is 4.90 Å². The highest BCUT2D eigenvalue weighted by molar-refractivity contribution is 6.32. The van der Waals surface area contributed by atoms with E-state index >= 15 is 0 Å². The second-order valence-electron chi connectivity index (χ2n) is 10.2. The number of rotatable bonds is 5. The standard InChI is InChI=1S/C29H26Cl2N6O3/c1-15(2)36-25-24(34-26(36)19-14-32-23(35(3)4)13-22(19)40-5)27(38)37(18-8-6-7-16(30)11-18)29(25)20-10-9-17(31)12-21(20)33-28(29)39/h6-15H,1-5H3,(H,33,39). The Kier molecular flexibility index (Phi) is 6.05. The molecule has 2 amide bonds. The molecular formula is C29H26Cl2N6O3. The zero-order chi connectivity index (χ0) is 28.5. The minimum atomic E-state index is -1.56. The molecule has 1 atom stereocenters. The summed E-state index contributed by atoms with van der Waals surface area (Å²) in [5.41, 5.74) is 1.26. The van der Waals surface area contributed by atoms with Crippen molar-refractivity contribution >= 4 is 52.2 Å². The number of amides is 2. The first-order chi connectivity index (χ1) is 19.1. The molecule has 0 fully saturated rings. The van der Waals surface area contributed by atoms with Crippen LogP contribution in [-0.4, -0.2) is 47.6 Å². The Labute approximate surface area is 241 Å². The summed E-state index contributed by atoms with van der Waals surface area (Å²) in [5.74, 6) is 0.909. The van der Waals surface area contributed by atoms with Gasteiger partial charge < -0.3 is 19.5 Å². The van der Waals surface area contributed by atoms with Crippen molar-refractivity contribution in [2.75, 3.05) is 36.3 Å². The number of hydrogen-bond acceptors (Lipinski definition) is 6. The van der Waals surface area contributed by atoms with Gasteiger partial charge in [0.25, 0.3) is 11.8 Å². The van der Waals surface area contributed by atoms with Crippen LogP contribution in [0.5, 0.6) is 5.75 Å². The summed E-state index contributed by atoms with van der Waals surface area (Å²) < 4.78 is 7.67. The molecule has 4 heterocycles. The van der Waals surface area contributed by atoms with Gasteiger partial charge in [0, 0.05) is 59.4 Å². The van der Waals surface area contributed by atoms with Crippen LogP contribution in [0, 0.1) is 0 Å². The Morgan fingerprint density at radius 3 is 2.48 bits per heavy atom. The summed E-state index contributed by atoms with van der Waals surface area (Å²) in [4.78, 5) is 41.4. The van der Waals surface area contributed by atoms with E-state index in [-0.39, 0.29) is 11.7 Å². The number of pyridine rings is 1. The highest BCUT2D eigenvalue weighted by Crippen LogP contribution is 2.54. The van der Waals surface area contributed by atoms with Crippen LogP contribution in [0.25, 0.3) is 11.4 Å². The number of aromatic nitrogens is 3. The summed E-state index contributed by atoms with van der Waals surface area (Å²) in [7, 11) is 5.35. The number of benzene rings is 2. The second kappa shape index (κ2) is 9.25. The van der Waals surface area contributed by atoms with E-state index < -0.39 is 17.4 Å². The van der Waals surface area contributed by atoms with Crippen molar-refractivity contribution in [3.8, 4) is 17.1 Å². The number of fused-ring (bicyclic) bond motifs is 4. The number of hydrogen-bond donors (Lipinski definition) is 1. The largest absolute Gasteiger partial charge is 0.496 e. The summed E-state index contributed by atoms with van der Waals surface area (Å²) >= 11 is 12.7. The van der Waals surface area contributed by atoms with Crippen LogP contribution in [0.3, 0.4) is 0 Å². The second-order valence-corrected chi connectivity index (χ2v) is 11.1. The molecule has 6 rings (SSSR count). The van der Waals surface area contributed by atoms with Crippen LogP contribution in [0.4, 0.5) is 17.2 Å². The number of anilines is 3. The van der Waals surface area contributed by atoms with Gasteiger partial charge in [-0.1, -0.05) is 35.3 Å². The van der Waals surface area contributed by atoms with Crippen molar-refractivity contribution in [1.82, 2.24) is 14.5 Å². The molecule has 40 heavy (non-hydrogen) atoms. The van der Waals surface area contributed by atoms with Crippen LogP contribution >= 0.6 is 23.2 Å². The van der Waals surface area contributed by atoms with Gasteiger partial charge >= 0.3 is 0 Å². The van der Waals surface area contributed by atoms with Crippen molar-refractivity contribution in [1.29, 1.82) is 0 Å². The first kappa shape index (κ1) is 26.2. The third-order valence-corrected chi connectivity index (χ3v) is 7.77. The lowest BCUT2D eigenvalue weighted by Crippen LogP contribution is -2.51. The molecule has 2 aromatic heterocycles. The molecular weight excluding hydrogens is 551 g/mol. The number of carbonyl (C=O) groups is 2. The van der Waals surface area contributed by atoms with Crippen LogP contribution in [0.1, 0.15) is 41.6 Å². The zero-order valence-corrected chi connectivity index (χ0v) is 24.0.